The summed E-state index contributed by atoms with van der Waals surface area (Å²) in [6.07, 6.45) is 8.54. The molecule has 0 spiro atoms. The highest BCUT2D eigenvalue weighted by atomic mass is 32.1. The van der Waals surface area contributed by atoms with Gasteiger partial charge in [-0.3, -0.25) is 4.90 Å². The predicted octanol–water partition coefficient (Wildman–Crippen LogP) is 2.52. The number of hydrogen-bond acceptors (Lipinski definition) is 5. The van der Waals surface area contributed by atoms with Crippen LogP contribution in [0.15, 0.2) is 0 Å². The molecule has 4 nitrogen and oxygen atoms in total. The van der Waals surface area contributed by atoms with Gasteiger partial charge in [-0.2, -0.15) is 0 Å². The van der Waals surface area contributed by atoms with Crippen molar-refractivity contribution < 1.29 is 5.11 Å². The van der Waals surface area contributed by atoms with Crippen LogP contribution < -0.4 is 5.32 Å². The summed E-state index contributed by atoms with van der Waals surface area (Å²) in [5.41, 5.74) is 1.36. The lowest BCUT2D eigenvalue weighted by molar-refractivity contribution is 0.157. The van der Waals surface area contributed by atoms with E-state index in [1.807, 2.05) is 11.3 Å². The molecule has 0 bridgehead atoms. The van der Waals surface area contributed by atoms with Crippen LogP contribution in [0.25, 0.3) is 0 Å². The van der Waals surface area contributed by atoms with Crippen LogP contribution in [0.2, 0.25) is 0 Å². The van der Waals surface area contributed by atoms with Crippen molar-refractivity contribution in [3.63, 3.8) is 0 Å². The van der Waals surface area contributed by atoms with Crippen molar-refractivity contribution in [2.24, 2.45) is 0 Å². The predicted molar refractivity (Wildman–Crippen MR) is 91.5 cm³/mol. The Bertz CT molecular complexity index is 455. The van der Waals surface area contributed by atoms with Crippen LogP contribution >= 0.6 is 11.3 Å². The molecule has 2 unspecified atom stereocenters. The summed E-state index contributed by atoms with van der Waals surface area (Å²) >= 11 is 1.91. The minimum Gasteiger partial charge on any atom is -0.395 e. The minimum absolute atomic E-state index is 0.323. The van der Waals surface area contributed by atoms with Gasteiger partial charge in [0.25, 0.3) is 0 Å². The summed E-state index contributed by atoms with van der Waals surface area (Å²) in [6, 6.07) is 0.803. The van der Waals surface area contributed by atoms with Gasteiger partial charge in [-0.25, -0.2) is 4.98 Å². The fraction of sp³-hybridized carbons (Fsp3) is 0.824. The second-order valence-electron chi connectivity index (χ2n) is 6.67. The highest BCUT2D eigenvalue weighted by molar-refractivity contribution is 7.11. The van der Waals surface area contributed by atoms with Crippen molar-refractivity contribution in [3.8, 4) is 0 Å². The molecule has 124 valence electrons. The minimum atomic E-state index is 0.323. The highest BCUT2D eigenvalue weighted by Crippen LogP contribution is 2.30. The van der Waals surface area contributed by atoms with Crippen LogP contribution in [0.1, 0.15) is 60.6 Å². The molecule has 0 radical (unpaired) electrons. The first-order valence-electron chi connectivity index (χ1n) is 8.84. The number of aryl methyl sites for hydroxylation is 2. The van der Waals surface area contributed by atoms with Crippen molar-refractivity contribution in [1.82, 2.24) is 15.2 Å². The quantitative estimate of drug-likeness (QED) is 0.722. The van der Waals surface area contributed by atoms with Crippen LogP contribution in [0.5, 0.6) is 0 Å². The lowest BCUT2D eigenvalue weighted by Crippen LogP contribution is -2.33. The third kappa shape index (κ3) is 3.88. The van der Waals surface area contributed by atoms with Crippen molar-refractivity contribution in [2.45, 2.75) is 64.0 Å². The van der Waals surface area contributed by atoms with Gasteiger partial charge in [0.2, 0.25) is 0 Å². The zero-order chi connectivity index (χ0) is 15.4. The van der Waals surface area contributed by atoms with Gasteiger partial charge in [0.05, 0.1) is 18.3 Å². The summed E-state index contributed by atoms with van der Waals surface area (Å²) in [5.74, 6) is 0. The van der Waals surface area contributed by atoms with Gasteiger partial charge in [0.1, 0.15) is 5.01 Å². The van der Waals surface area contributed by atoms with Gasteiger partial charge in [0, 0.05) is 10.9 Å². The topological polar surface area (TPSA) is 48.4 Å². The first-order chi connectivity index (χ1) is 10.8. The number of fused-ring (bicyclic) bond motifs is 1. The number of nitrogens with one attached hydrogen (secondary N) is 1. The number of aliphatic hydroxyl groups excluding tert-OH is 1. The Labute approximate surface area is 137 Å². The Morgan fingerprint density at radius 1 is 1.36 bits per heavy atom. The number of hydrogen-bond donors (Lipinski definition) is 2. The van der Waals surface area contributed by atoms with Gasteiger partial charge < -0.3 is 10.4 Å². The molecule has 1 aromatic rings. The van der Waals surface area contributed by atoms with Gasteiger partial charge in [-0.15, -0.1) is 11.3 Å². The molecule has 3 rings (SSSR count). The normalized spacial score (nSPS) is 23.1. The molecule has 1 fully saturated rings. The maximum atomic E-state index is 9.33. The third-order valence-corrected chi connectivity index (χ3v) is 6.36. The molecule has 1 aromatic heterocycles. The first-order valence-corrected chi connectivity index (χ1v) is 9.66. The Morgan fingerprint density at radius 2 is 2.27 bits per heavy atom. The van der Waals surface area contributed by atoms with Crippen LogP contribution in [0.3, 0.4) is 0 Å². The maximum absolute atomic E-state index is 9.33. The smallest absolute Gasteiger partial charge is 0.110 e. The molecule has 1 saturated heterocycles. The molecule has 1 aliphatic carbocycles. The zero-order valence-electron chi connectivity index (χ0n) is 13.7. The van der Waals surface area contributed by atoms with E-state index in [0.717, 1.165) is 13.1 Å². The highest BCUT2D eigenvalue weighted by Gasteiger charge is 2.23. The van der Waals surface area contributed by atoms with Crippen molar-refractivity contribution >= 4 is 11.3 Å². The van der Waals surface area contributed by atoms with E-state index in [4.69, 9.17) is 4.98 Å². The van der Waals surface area contributed by atoms with E-state index in [1.165, 1.54) is 67.1 Å². The van der Waals surface area contributed by atoms with Crippen LogP contribution in [0.4, 0.5) is 0 Å². The van der Waals surface area contributed by atoms with Crippen molar-refractivity contribution in [1.29, 1.82) is 0 Å². The molecule has 1 aliphatic heterocycles. The van der Waals surface area contributed by atoms with E-state index in [1.54, 1.807) is 0 Å². The number of nitrogens with zero attached hydrogens (tertiary/aromatic N) is 2. The Hall–Kier alpha value is -0.490. The van der Waals surface area contributed by atoms with Gasteiger partial charge in [-0.1, -0.05) is 0 Å². The standard InChI is InChI=1S/C17H29N3OS/c1-13(17-19-15-7-4-8-16(15)22-17)18-9-2-3-10-20-11-5-6-14(20)12-21/h13-14,18,21H,2-12H2,1H3. The molecule has 2 N–H and O–H groups in total. The molecule has 2 heterocycles. The molecule has 5 heteroatoms. The molecule has 22 heavy (non-hydrogen) atoms. The molecular weight excluding hydrogens is 294 g/mol. The lowest BCUT2D eigenvalue weighted by atomic mass is 10.2. The van der Waals surface area contributed by atoms with E-state index in [2.05, 4.69) is 17.1 Å². The first kappa shape index (κ1) is 16.4. The molecule has 0 saturated carbocycles. The van der Waals surface area contributed by atoms with E-state index in [0.29, 0.717) is 18.7 Å². The average Bonchev–Trinajstić information content (AvgIpc) is 3.21. The van der Waals surface area contributed by atoms with Crippen molar-refractivity contribution in [3.05, 3.63) is 15.6 Å². The number of unbranched alkanes of at least 4 members (excludes halogenated alkanes) is 1. The number of likely N-dealkylation sites (tertiary alicyclic amines) is 1. The zero-order valence-corrected chi connectivity index (χ0v) is 14.5. The monoisotopic (exact) mass is 323 g/mol. The van der Waals surface area contributed by atoms with E-state index < -0.39 is 0 Å². The van der Waals surface area contributed by atoms with Gasteiger partial charge >= 0.3 is 0 Å². The number of rotatable bonds is 8. The third-order valence-electron chi connectivity index (χ3n) is 5.02. The number of aliphatic hydroxyl groups is 1. The Morgan fingerprint density at radius 3 is 3.09 bits per heavy atom. The Kier molecular flexibility index (Phi) is 5.85. The maximum Gasteiger partial charge on any atom is 0.110 e. The second kappa shape index (κ2) is 7.86. The molecule has 0 amide bonds. The Balaban J connectivity index is 1.32. The SMILES string of the molecule is CC(NCCCCN1CCCC1CO)c1nc2c(s1)CCC2. The fourth-order valence-corrected chi connectivity index (χ4v) is 4.82. The lowest BCUT2D eigenvalue weighted by Gasteiger charge is -2.22. The van der Waals surface area contributed by atoms with Gasteiger partial charge in [0.15, 0.2) is 0 Å². The van der Waals surface area contributed by atoms with Crippen molar-refractivity contribution in [2.75, 3.05) is 26.2 Å². The summed E-state index contributed by atoms with van der Waals surface area (Å²) in [4.78, 5) is 8.77. The van der Waals surface area contributed by atoms with Crippen LogP contribution in [-0.4, -0.2) is 47.3 Å². The number of thiazole rings is 1. The fourth-order valence-electron chi connectivity index (χ4n) is 3.64. The summed E-state index contributed by atoms with van der Waals surface area (Å²) < 4.78 is 0. The average molecular weight is 324 g/mol. The molecular formula is C17H29N3OS. The summed E-state index contributed by atoms with van der Waals surface area (Å²) in [7, 11) is 0. The van der Waals surface area contributed by atoms with Crippen LogP contribution in [0, 0.1) is 0 Å². The summed E-state index contributed by atoms with van der Waals surface area (Å²) in [5, 5.41) is 14.2. The van der Waals surface area contributed by atoms with E-state index >= 15 is 0 Å². The van der Waals surface area contributed by atoms with E-state index in [-0.39, 0.29) is 0 Å². The van der Waals surface area contributed by atoms with Gasteiger partial charge in [-0.05, 0) is 71.5 Å². The largest absolute Gasteiger partial charge is 0.395 e. The van der Waals surface area contributed by atoms with E-state index in [9.17, 15) is 5.11 Å². The molecule has 0 aromatic carbocycles. The second-order valence-corrected chi connectivity index (χ2v) is 7.79. The van der Waals surface area contributed by atoms with Crippen LogP contribution in [-0.2, 0) is 12.8 Å². The molecule has 2 aliphatic rings. The number of aromatic nitrogens is 1. The summed E-state index contributed by atoms with van der Waals surface area (Å²) in [6.45, 7) is 5.91. The molecule has 2 atom stereocenters.